The number of rotatable bonds is 6. The number of nitrogens with one attached hydrogen (secondary N) is 1. The van der Waals surface area contributed by atoms with Gasteiger partial charge < -0.3 is 15.4 Å². The summed E-state index contributed by atoms with van der Waals surface area (Å²) in [6.07, 6.45) is 0. The molecular formula is C12H18BrN3O. The minimum atomic E-state index is 0.0807. The predicted molar refractivity (Wildman–Crippen MR) is 74.9 cm³/mol. The molecule has 0 aliphatic heterocycles. The average molecular weight is 300 g/mol. The van der Waals surface area contributed by atoms with Crippen molar-refractivity contribution in [2.45, 2.75) is 6.92 Å². The predicted octanol–water partition coefficient (Wildman–Crippen LogP) is 2.21. The van der Waals surface area contributed by atoms with E-state index in [0.29, 0.717) is 6.61 Å². The molecule has 94 valence electrons. The SMILES string of the molecule is CCN(CCOC)c1ccc(Br)cc1C(=N)N. The van der Waals surface area contributed by atoms with Crippen LogP contribution in [0.1, 0.15) is 12.5 Å². The molecule has 0 fully saturated rings. The highest BCUT2D eigenvalue weighted by Crippen LogP contribution is 2.24. The summed E-state index contributed by atoms with van der Waals surface area (Å²) in [6, 6.07) is 5.80. The Labute approximate surface area is 110 Å². The molecule has 0 radical (unpaired) electrons. The maximum absolute atomic E-state index is 7.62. The average Bonchev–Trinajstić information content (AvgIpc) is 2.31. The summed E-state index contributed by atoms with van der Waals surface area (Å²) in [6.45, 7) is 4.36. The highest BCUT2D eigenvalue weighted by molar-refractivity contribution is 9.10. The fraction of sp³-hybridized carbons (Fsp3) is 0.417. The van der Waals surface area contributed by atoms with Gasteiger partial charge in [0.2, 0.25) is 0 Å². The molecular weight excluding hydrogens is 282 g/mol. The summed E-state index contributed by atoms with van der Waals surface area (Å²) in [5.74, 6) is 0.0807. The fourth-order valence-corrected chi connectivity index (χ4v) is 2.01. The number of halogens is 1. The summed E-state index contributed by atoms with van der Waals surface area (Å²) in [4.78, 5) is 2.15. The number of hydrogen-bond donors (Lipinski definition) is 2. The topological polar surface area (TPSA) is 62.3 Å². The Hall–Kier alpha value is -1.07. The summed E-state index contributed by atoms with van der Waals surface area (Å²) in [5, 5.41) is 7.62. The Balaban J connectivity index is 3.05. The van der Waals surface area contributed by atoms with Gasteiger partial charge in [0.05, 0.1) is 6.61 Å². The van der Waals surface area contributed by atoms with Gasteiger partial charge in [-0.3, -0.25) is 5.41 Å². The molecule has 0 heterocycles. The van der Waals surface area contributed by atoms with Crippen LogP contribution in [-0.2, 0) is 4.74 Å². The van der Waals surface area contributed by atoms with Crippen molar-refractivity contribution in [2.24, 2.45) is 5.73 Å². The van der Waals surface area contributed by atoms with Gasteiger partial charge in [0.15, 0.2) is 0 Å². The lowest BCUT2D eigenvalue weighted by molar-refractivity contribution is 0.205. The molecule has 5 heteroatoms. The van der Waals surface area contributed by atoms with E-state index in [1.807, 2.05) is 18.2 Å². The molecule has 1 rings (SSSR count). The second-order valence-corrected chi connectivity index (χ2v) is 4.56. The molecule has 0 unspecified atom stereocenters. The molecule has 0 aromatic heterocycles. The van der Waals surface area contributed by atoms with Gasteiger partial charge in [-0.15, -0.1) is 0 Å². The third-order valence-electron chi connectivity index (χ3n) is 2.54. The Morgan fingerprint density at radius 2 is 2.24 bits per heavy atom. The molecule has 0 atom stereocenters. The van der Waals surface area contributed by atoms with Crippen LogP contribution < -0.4 is 10.6 Å². The van der Waals surface area contributed by atoms with E-state index in [-0.39, 0.29) is 5.84 Å². The maximum atomic E-state index is 7.62. The molecule has 17 heavy (non-hydrogen) atoms. The number of benzene rings is 1. The van der Waals surface area contributed by atoms with Gasteiger partial charge in [-0.1, -0.05) is 15.9 Å². The first-order valence-corrected chi connectivity index (χ1v) is 6.27. The van der Waals surface area contributed by atoms with Crippen molar-refractivity contribution in [3.8, 4) is 0 Å². The molecule has 0 aliphatic carbocycles. The normalized spacial score (nSPS) is 10.3. The monoisotopic (exact) mass is 299 g/mol. The van der Waals surface area contributed by atoms with Crippen molar-refractivity contribution in [1.82, 2.24) is 0 Å². The minimum Gasteiger partial charge on any atom is -0.384 e. The second-order valence-electron chi connectivity index (χ2n) is 3.65. The van der Waals surface area contributed by atoms with Crippen molar-refractivity contribution in [3.63, 3.8) is 0 Å². The number of anilines is 1. The molecule has 0 amide bonds. The minimum absolute atomic E-state index is 0.0807. The zero-order chi connectivity index (χ0) is 12.8. The Morgan fingerprint density at radius 3 is 2.76 bits per heavy atom. The van der Waals surface area contributed by atoms with E-state index >= 15 is 0 Å². The number of likely N-dealkylation sites (N-methyl/N-ethyl adjacent to an activating group) is 1. The number of ether oxygens (including phenoxy) is 1. The summed E-state index contributed by atoms with van der Waals surface area (Å²) in [7, 11) is 1.68. The van der Waals surface area contributed by atoms with E-state index in [1.54, 1.807) is 7.11 Å². The molecule has 3 N–H and O–H groups in total. The van der Waals surface area contributed by atoms with E-state index in [0.717, 1.165) is 28.8 Å². The maximum Gasteiger partial charge on any atom is 0.124 e. The van der Waals surface area contributed by atoms with Crippen molar-refractivity contribution in [2.75, 3.05) is 31.7 Å². The number of nitrogens with two attached hydrogens (primary N) is 1. The quantitative estimate of drug-likeness (QED) is 0.625. The number of amidine groups is 1. The van der Waals surface area contributed by atoms with Crippen molar-refractivity contribution in [1.29, 1.82) is 5.41 Å². The van der Waals surface area contributed by atoms with Crippen LogP contribution in [-0.4, -0.2) is 32.6 Å². The highest BCUT2D eigenvalue weighted by atomic mass is 79.9. The van der Waals surface area contributed by atoms with Crippen LogP contribution in [0.25, 0.3) is 0 Å². The van der Waals surface area contributed by atoms with Gasteiger partial charge in [0.1, 0.15) is 5.84 Å². The van der Waals surface area contributed by atoms with Gasteiger partial charge in [0.25, 0.3) is 0 Å². The summed E-state index contributed by atoms with van der Waals surface area (Å²) < 4.78 is 6.01. The van der Waals surface area contributed by atoms with Gasteiger partial charge in [-0.25, -0.2) is 0 Å². The van der Waals surface area contributed by atoms with Gasteiger partial charge >= 0.3 is 0 Å². The van der Waals surface area contributed by atoms with Crippen LogP contribution in [0.3, 0.4) is 0 Å². The summed E-state index contributed by atoms with van der Waals surface area (Å²) in [5.41, 5.74) is 7.33. The zero-order valence-corrected chi connectivity index (χ0v) is 11.8. The van der Waals surface area contributed by atoms with E-state index in [9.17, 15) is 0 Å². The largest absolute Gasteiger partial charge is 0.384 e. The molecule has 0 saturated heterocycles. The lowest BCUT2D eigenvalue weighted by atomic mass is 10.1. The van der Waals surface area contributed by atoms with Crippen molar-refractivity contribution >= 4 is 27.5 Å². The van der Waals surface area contributed by atoms with Crippen LogP contribution in [0.5, 0.6) is 0 Å². The number of nitrogens with zero attached hydrogens (tertiary/aromatic N) is 1. The Kier molecular flexibility index (Phi) is 5.44. The molecule has 0 bridgehead atoms. The standard InChI is InChI=1S/C12H18BrN3O/c1-3-16(6-7-17-2)11-5-4-9(13)8-10(11)12(14)15/h4-5,8H,3,6-7H2,1-2H3,(H3,14,15). The van der Waals surface area contributed by atoms with Gasteiger partial charge in [-0.2, -0.15) is 0 Å². The van der Waals surface area contributed by atoms with Gasteiger partial charge in [-0.05, 0) is 25.1 Å². The van der Waals surface area contributed by atoms with Gasteiger partial charge in [0, 0.05) is 35.9 Å². The third-order valence-corrected chi connectivity index (χ3v) is 3.03. The van der Waals surface area contributed by atoms with E-state index in [1.165, 1.54) is 0 Å². The molecule has 0 aliphatic rings. The number of nitrogen functional groups attached to an aromatic ring is 1. The first-order chi connectivity index (χ1) is 8.10. The van der Waals surface area contributed by atoms with E-state index < -0.39 is 0 Å². The molecule has 0 saturated carbocycles. The number of hydrogen-bond acceptors (Lipinski definition) is 3. The first kappa shape index (κ1) is 14.0. The molecule has 4 nitrogen and oxygen atoms in total. The fourth-order valence-electron chi connectivity index (χ4n) is 1.65. The third kappa shape index (κ3) is 3.71. The Bertz CT molecular complexity index is 395. The van der Waals surface area contributed by atoms with Crippen LogP contribution in [0.4, 0.5) is 5.69 Å². The lowest BCUT2D eigenvalue weighted by Gasteiger charge is -2.25. The number of methoxy groups -OCH3 is 1. The van der Waals surface area contributed by atoms with Crippen LogP contribution >= 0.6 is 15.9 Å². The van der Waals surface area contributed by atoms with Crippen LogP contribution in [0.15, 0.2) is 22.7 Å². The lowest BCUT2D eigenvalue weighted by Crippen LogP contribution is -2.29. The molecule has 0 spiro atoms. The molecule has 1 aromatic rings. The van der Waals surface area contributed by atoms with E-state index in [2.05, 4.69) is 27.8 Å². The van der Waals surface area contributed by atoms with Crippen LogP contribution in [0, 0.1) is 5.41 Å². The highest BCUT2D eigenvalue weighted by Gasteiger charge is 2.12. The smallest absolute Gasteiger partial charge is 0.124 e. The Morgan fingerprint density at radius 1 is 1.53 bits per heavy atom. The zero-order valence-electron chi connectivity index (χ0n) is 10.2. The molecule has 1 aromatic carbocycles. The first-order valence-electron chi connectivity index (χ1n) is 5.48. The van der Waals surface area contributed by atoms with Crippen LogP contribution in [0.2, 0.25) is 0 Å². The summed E-state index contributed by atoms with van der Waals surface area (Å²) >= 11 is 3.39. The van der Waals surface area contributed by atoms with Crippen molar-refractivity contribution < 1.29 is 4.74 Å². The van der Waals surface area contributed by atoms with E-state index in [4.69, 9.17) is 15.9 Å². The second kappa shape index (κ2) is 6.61. The van der Waals surface area contributed by atoms with Crippen molar-refractivity contribution in [3.05, 3.63) is 28.2 Å².